The average Bonchev–Trinajstić information content (AvgIpc) is 3.08. The van der Waals surface area contributed by atoms with E-state index in [2.05, 4.69) is 10.3 Å². The minimum Gasteiger partial charge on any atom is -0.452 e. The summed E-state index contributed by atoms with van der Waals surface area (Å²) in [5.74, 6) is -0.820. The Balaban J connectivity index is 1.58. The SMILES string of the molecule is CCn1nnc2cc(C(=O)OCC(=O)N(C)Cc3ccccc3)ccc21. The molecule has 1 heterocycles. The Morgan fingerprint density at radius 2 is 1.92 bits per heavy atom. The molecule has 0 aliphatic rings. The lowest BCUT2D eigenvalue weighted by molar-refractivity contribution is -0.133. The number of esters is 1. The summed E-state index contributed by atoms with van der Waals surface area (Å²) in [7, 11) is 1.68. The summed E-state index contributed by atoms with van der Waals surface area (Å²) < 4.78 is 6.89. The molecule has 0 atom stereocenters. The molecule has 3 rings (SSSR count). The number of hydrogen-bond donors (Lipinski definition) is 0. The van der Waals surface area contributed by atoms with E-state index >= 15 is 0 Å². The smallest absolute Gasteiger partial charge is 0.338 e. The van der Waals surface area contributed by atoms with Crippen LogP contribution in [-0.2, 0) is 22.6 Å². The van der Waals surface area contributed by atoms with E-state index in [0.717, 1.165) is 11.1 Å². The standard InChI is InChI=1S/C19H20N4O3/c1-3-23-17-10-9-15(11-16(17)20-21-23)19(25)26-13-18(24)22(2)12-14-7-5-4-6-8-14/h4-11H,3,12-13H2,1-2H3. The zero-order valence-electron chi connectivity index (χ0n) is 14.8. The zero-order valence-corrected chi connectivity index (χ0v) is 14.8. The van der Waals surface area contributed by atoms with E-state index in [1.807, 2.05) is 37.3 Å². The molecule has 0 N–H and O–H groups in total. The molecule has 0 aliphatic carbocycles. The van der Waals surface area contributed by atoms with Crippen LogP contribution in [0.5, 0.6) is 0 Å². The number of hydrogen-bond acceptors (Lipinski definition) is 5. The molecule has 0 unspecified atom stereocenters. The van der Waals surface area contributed by atoms with Gasteiger partial charge >= 0.3 is 5.97 Å². The maximum Gasteiger partial charge on any atom is 0.338 e. The monoisotopic (exact) mass is 352 g/mol. The highest BCUT2D eigenvalue weighted by molar-refractivity contribution is 5.94. The van der Waals surface area contributed by atoms with Gasteiger partial charge in [0.15, 0.2) is 6.61 Å². The molecule has 1 aromatic heterocycles. The van der Waals surface area contributed by atoms with Gasteiger partial charge in [-0.25, -0.2) is 9.48 Å². The Kier molecular flexibility index (Phi) is 5.26. The second kappa shape index (κ2) is 7.77. The summed E-state index contributed by atoms with van der Waals surface area (Å²) in [5, 5.41) is 8.04. The molecule has 2 aromatic carbocycles. The summed E-state index contributed by atoms with van der Waals surface area (Å²) in [4.78, 5) is 25.9. The molecule has 0 saturated carbocycles. The molecule has 0 bridgehead atoms. The van der Waals surface area contributed by atoms with Crippen LogP contribution in [0.1, 0.15) is 22.8 Å². The van der Waals surface area contributed by atoms with E-state index in [4.69, 9.17) is 4.74 Å². The Morgan fingerprint density at radius 1 is 1.15 bits per heavy atom. The predicted molar refractivity (Wildman–Crippen MR) is 96.4 cm³/mol. The number of aryl methyl sites for hydroxylation is 1. The van der Waals surface area contributed by atoms with Gasteiger partial charge in [-0.15, -0.1) is 5.10 Å². The number of nitrogens with zero attached hydrogens (tertiary/aromatic N) is 4. The fraction of sp³-hybridized carbons (Fsp3) is 0.263. The van der Waals surface area contributed by atoms with Crippen molar-refractivity contribution in [1.82, 2.24) is 19.9 Å². The van der Waals surface area contributed by atoms with E-state index in [1.165, 1.54) is 4.90 Å². The molecule has 0 radical (unpaired) electrons. The van der Waals surface area contributed by atoms with Crippen LogP contribution < -0.4 is 0 Å². The number of carbonyl (C=O) groups is 2. The summed E-state index contributed by atoms with van der Waals surface area (Å²) in [6.45, 7) is 2.82. The van der Waals surface area contributed by atoms with Gasteiger partial charge in [0.2, 0.25) is 0 Å². The molecule has 7 nitrogen and oxygen atoms in total. The van der Waals surface area contributed by atoms with Gasteiger partial charge in [0.1, 0.15) is 5.52 Å². The second-order valence-corrected chi connectivity index (χ2v) is 5.92. The van der Waals surface area contributed by atoms with Gasteiger partial charge in [-0.1, -0.05) is 35.5 Å². The number of carbonyl (C=O) groups excluding carboxylic acids is 2. The fourth-order valence-electron chi connectivity index (χ4n) is 2.60. The molecule has 1 amide bonds. The van der Waals surface area contributed by atoms with Gasteiger partial charge < -0.3 is 9.64 Å². The number of benzene rings is 2. The first-order chi connectivity index (χ1) is 12.6. The first-order valence-electron chi connectivity index (χ1n) is 8.36. The quantitative estimate of drug-likeness (QED) is 0.636. The topological polar surface area (TPSA) is 77.3 Å². The number of ether oxygens (including phenoxy) is 1. The van der Waals surface area contributed by atoms with Crippen LogP contribution in [0.25, 0.3) is 11.0 Å². The minimum atomic E-state index is -0.556. The van der Waals surface area contributed by atoms with Crippen molar-refractivity contribution in [1.29, 1.82) is 0 Å². The highest BCUT2D eigenvalue weighted by Crippen LogP contribution is 2.14. The molecule has 26 heavy (non-hydrogen) atoms. The lowest BCUT2D eigenvalue weighted by Gasteiger charge is -2.17. The van der Waals surface area contributed by atoms with Crippen molar-refractivity contribution in [2.45, 2.75) is 20.0 Å². The van der Waals surface area contributed by atoms with Gasteiger partial charge in [-0.2, -0.15) is 0 Å². The van der Waals surface area contributed by atoms with Gasteiger partial charge in [0.05, 0.1) is 11.1 Å². The van der Waals surface area contributed by atoms with Crippen LogP contribution in [-0.4, -0.2) is 45.4 Å². The fourth-order valence-corrected chi connectivity index (χ4v) is 2.60. The molecule has 0 spiro atoms. The van der Waals surface area contributed by atoms with Crippen molar-refractivity contribution in [3.05, 3.63) is 59.7 Å². The van der Waals surface area contributed by atoms with E-state index in [1.54, 1.807) is 29.9 Å². The maximum absolute atomic E-state index is 12.2. The van der Waals surface area contributed by atoms with Crippen LogP contribution in [0.2, 0.25) is 0 Å². The number of rotatable bonds is 6. The van der Waals surface area contributed by atoms with E-state index in [-0.39, 0.29) is 12.5 Å². The number of aromatic nitrogens is 3. The normalized spacial score (nSPS) is 10.7. The molecule has 3 aromatic rings. The number of amides is 1. The third-order valence-corrected chi connectivity index (χ3v) is 4.06. The van der Waals surface area contributed by atoms with Crippen molar-refractivity contribution in [2.24, 2.45) is 0 Å². The number of fused-ring (bicyclic) bond motifs is 1. The van der Waals surface area contributed by atoms with Gasteiger partial charge in [-0.3, -0.25) is 4.79 Å². The van der Waals surface area contributed by atoms with Crippen molar-refractivity contribution in [2.75, 3.05) is 13.7 Å². The van der Waals surface area contributed by atoms with Crippen LogP contribution in [0.3, 0.4) is 0 Å². The summed E-state index contributed by atoms with van der Waals surface area (Å²) in [6, 6.07) is 14.7. The van der Waals surface area contributed by atoms with Gasteiger partial charge in [-0.05, 0) is 30.7 Å². The molecule has 0 aliphatic heterocycles. The van der Waals surface area contributed by atoms with Crippen molar-refractivity contribution in [3.8, 4) is 0 Å². The average molecular weight is 352 g/mol. The first-order valence-corrected chi connectivity index (χ1v) is 8.36. The molecule has 0 saturated heterocycles. The Hall–Kier alpha value is -3.22. The lowest BCUT2D eigenvalue weighted by Crippen LogP contribution is -2.30. The highest BCUT2D eigenvalue weighted by Gasteiger charge is 2.15. The van der Waals surface area contributed by atoms with Crippen LogP contribution in [0, 0.1) is 0 Å². The van der Waals surface area contributed by atoms with Crippen molar-refractivity contribution >= 4 is 22.9 Å². The van der Waals surface area contributed by atoms with E-state index in [0.29, 0.717) is 24.2 Å². The van der Waals surface area contributed by atoms with Crippen molar-refractivity contribution < 1.29 is 14.3 Å². The second-order valence-electron chi connectivity index (χ2n) is 5.92. The largest absolute Gasteiger partial charge is 0.452 e. The van der Waals surface area contributed by atoms with Crippen LogP contribution in [0.15, 0.2) is 48.5 Å². The predicted octanol–water partition coefficient (Wildman–Crippen LogP) is 2.27. The zero-order chi connectivity index (χ0) is 18.5. The molecule has 134 valence electrons. The van der Waals surface area contributed by atoms with Gasteiger partial charge in [0.25, 0.3) is 5.91 Å². The molecular formula is C19H20N4O3. The summed E-state index contributed by atoms with van der Waals surface area (Å²) in [5.41, 5.74) is 2.83. The summed E-state index contributed by atoms with van der Waals surface area (Å²) >= 11 is 0. The third kappa shape index (κ3) is 3.88. The highest BCUT2D eigenvalue weighted by atomic mass is 16.5. The minimum absolute atomic E-state index is 0.264. The molecule has 0 fully saturated rings. The van der Waals surface area contributed by atoms with Crippen LogP contribution >= 0.6 is 0 Å². The van der Waals surface area contributed by atoms with Gasteiger partial charge in [0, 0.05) is 20.1 Å². The number of likely N-dealkylation sites (N-methyl/N-ethyl adjacent to an activating group) is 1. The van der Waals surface area contributed by atoms with E-state index < -0.39 is 5.97 Å². The lowest BCUT2D eigenvalue weighted by atomic mass is 10.2. The van der Waals surface area contributed by atoms with Crippen molar-refractivity contribution in [3.63, 3.8) is 0 Å². The Bertz CT molecular complexity index is 921. The Morgan fingerprint density at radius 3 is 2.65 bits per heavy atom. The molecular weight excluding hydrogens is 332 g/mol. The van der Waals surface area contributed by atoms with E-state index in [9.17, 15) is 9.59 Å². The molecule has 7 heteroatoms. The summed E-state index contributed by atoms with van der Waals surface area (Å²) in [6.07, 6.45) is 0. The first kappa shape index (κ1) is 17.6. The Labute approximate surface area is 151 Å². The van der Waals surface area contributed by atoms with Crippen LogP contribution in [0.4, 0.5) is 0 Å². The third-order valence-electron chi connectivity index (χ3n) is 4.06. The maximum atomic E-state index is 12.2.